The molecule has 2 aromatic rings. The number of rotatable bonds is 2. The van der Waals surface area contributed by atoms with Crippen molar-refractivity contribution in [2.45, 2.75) is 0 Å². The molecule has 2 aromatic heterocycles. The van der Waals surface area contributed by atoms with Gasteiger partial charge < -0.3 is 9.84 Å². The lowest BCUT2D eigenvalue weighted by atomic mass is 10.4. The number of nitrogens with one attached hydrogen (secondary N) is 1. The third kappa shape index (κ3) is 2.41. The molecule has 15 heavy (non-hydrogen) atoms. The second kappa shape index (κ2) is 4.22. The molecule has 6 heteroatoms. The summed E-state index contributed by atoms with van der Waals surface area (Å²) in [5, 5.41) is 6.09. The third-order valence-electron chi connectivity index (χ3n) is 1.63. The van der Waals surface area contributed by atoms with Crippen LogP contribution in [0.2, 0.25) is 0 Å². The number of aromatic nitrogens is 2. The van der Waals surface area contributed by atoms with Crippen molar-refractivity contribution in [2.75, 3.05) is 5.32 Å². The van der Waals surface area contributed by atoms with Crippen LogP contribution in [0.15, 0.2) is 39.7 Å². The molecule has 0 aliphatic rings. The Morgan fingerprint density at radius 2 is 2.33 bits per heavy atom. The van der Waals surface area contributed by atoms with E-state index in [9.17, 15) is 4.79 Å². The van der Waals surface area contributed by atoms with Crippen LogP contribution in [0.1, 0.15) is 10.5 Å². The van der Waals surface area contributed by atoms with Crippen molar-refractivity contribution in [1.29, 1.82) is 0 Å². The van der Waals surface area contributed by atoms with Crippen LogP contribution < -0.4 is 5.32 Å². The molecule has 0 spiro atoms. The minimum atomic E-state index is -0.352. The summed E-state index contributed by atoms with van der Waals surface area (Å²) in [6.45, 7) is 0. The quantitative estimate of drug-likeness (QED) is 0.905. The molecule has 0 bridgehead atoms. The van der Waals surface area contributed by atoms with Gasteiger partial charge >= 0.3 is 0 Å². The van der Waals surface area contributed by atoms with Gasteiger partial charge in [0.25, 0.3) is 5.91 Å². The summed E-state index contributed by atoms with van der Waals surface area (Å²) in [7, 11) is 0. The maximum absolute atomic E-state index is 11.5. The normalized spacial score (nSPS) is 9.93. The molecular formula is C9H6BrN3O2. The van der Waals surface area contributed by atoms with Gasteiger partial charge in [0.2, 0.25) is 0 Å². The summed E-state index contributed by atoms with van der Waals surface area (Å²) < 4.78 is 5.40. The van der Waals surface area contributed by atoms with Crippen molar-refractivity contribution >= 4 is 27.7 Å². The SMILES string of the molecule is O=C(Nc1cc(Br)ccn1)c1ccon1. The number of carbonyl (C=O) groups excluding carboxylic acids is 1. The van der Waals surface area contributed by atoms with Crippen LogP contribution in [0.3, 0.4) is 0 Å². The first-order valence-corrected chi connectivity index (χ1v) is 4.88. The topological polar surface area (TPSA) is 68.0 Å². The number of amides is 1. The van der Waals surface area contributed by atoms with E-state index >= 15 is 0 Å². The fourth-order valence-corrected chi connectivity index (χ4v) is 1.32. The average Bonchev–Trinajstić information content (AvgIpc) is 2.70. The zero-order chi connectivity index (χ0) is 10.7. The standard InChI is InChI=1S/C9H6BrN3O2/c10-6-1-3-11-8(5-6)12-9(14)7-2-4-15-13-7/h1-5H,(H,11,12,14). The lowest BCUT2D eigenvalue weighted by Crippen LogP contribution is -2.13. The molecule has 0 aliphatic carbocycles. The molecule has 1 N–H and O–H groups in total. The minimum Gasteiger partial charge on any atom is -0.364 e. The summed E-state index contributed by atoms with van der Waals surface area (Å²) >= 11 is 3.28. The number of hydrogen-bond acceptors (Lipinski definition) is 4. The average molecular weight is 268 g/mol. The zero-order valence-electron chi connectivity index (χ0n) is 7.48. The van der Waals surface area contributed by atoms with Gasteiger partial charge in [0, 0.05) is 16.7 Å². The number of hydrogen-bond donors (Lipinski definition) is 1. The minimum absolute atomic E-state index is 0.219. The summed E-state index contributed by atoms with van der Waals surface area (Å²) in [5.41, 5.74) is 0.219. The van der Waals surface area contributed by atoms with Gasteiger partial charge in [-0.1, -0.05) is 21.1 Å². The monoisotopic (exact) mass is 267 g/mol. The van der Waals surface area contributed by atoms with E-state index in [2.05, 4.69) is 35.9 Å². The van der Waals surface area contributed by atoms with Gasteiger partial charge in [0.15, 0.2) is 5.69 Å². The van der Waals surface area contributed by atoms with E-state index in [0.29, 0.717) is 5.82 Å². The van der Waals surface area contributed by atoms with Crippen LogP contribution in [-0.2, 0) is 0 Å². The molecule has 0 saturated carbocycles. The largest absolute Gasteiger partial charge is 0.364 e. The molecule has 2 rings (SSSR count). The van der Waals surface area contributed by atoms with E-state index in [0.717, 1.165) is 4.47 Å². The Kier molecular flexibility index (Phi) is 2.77. The van der Waals surface area contributed by atoms with Gasteiger partial charge in [-0.15, -0.1) is 0 Å². The first kappa shape index (κ1) is 9.85. The number of nitrogens with zero attached hydrogens (tertiary/aromatic N) is 2. The van der Waals surface area contributed by atoms with Gasteiger partial charge in [-0.3, -0.25) is 4.79 Å². The highest BCUT2D eigenvalue weighted by Gasteiger charge is 2.09. The molecule has 0 radical (unpaired) electrons. The van der Waals surface area contributed by atoms with E-state index in [1.165, 1.54) is 12.3 Å². The lowest BCUT2D eigenvalue weighted by molar-refractivity contribution is 0.101. The molecular weight excluding hydrogens is 262 g/mol. The number of carbonyl (C=O) groups is 1. The van der Waals surface area contributed by atoms with Gasteiger partial charge in [-0.05, 0) is 12.1 Å². The summed E-state index contributed by atoms with van der Waals surface area (Å²) in [5.74, 6) is 0.103. The van der Waals surface area contributed by atoms with Crippen molar-refractivity contribution in [3.63, 3.8) is 0 Å². The Balaban J connectivity index is 2.13. The molecule has 0 fully saturated rings. The fraction of sp³-hybridized carbons (Fsp3) is 0. The Labute approximate surface area is 93.6 Å². The van der Waals surface area contributed by atoms with Gasteiger partial charge in [-0.25, -0.2) is 4.98 Å². The molecule has 76 valence electrons. The molecule has 0 aliphatic heterocycles. The van der Waals surface area contributed by atoms with Crippen molar-refractivity contribution in [1.82, 2.24) is 10.1 Å². The number of anilines is 1. The van der Waals surface area contributed by atoms with Crippen molar-refractivity contribution in [3.8, 4) is 0 Å². The Hall–Kier alpha value is -1.69. The maximum atomic E-state index is 11.5. The van der Waals surface area contributed by atoms with Crippen LogP contribution in [0.4, 0.5) is 5.82 Å². The summed E-state index contributed by atoms with van der Waals surface area (Å²) in [6.07, 6.45) is 2.92. The predicted octanol–water partition coefficient (Wildman–Crippen LogP) is 2.08. The molecule has 1 amide bonds. The second-order valence-corrected chi connectivity index (χ2v) is 3.61. The van der Waals surface area contributed by atoms with E-state index < -0.39 is 0 Å². The van der Waals surface area contributed by atoms with Crippen molar-refractivity contribution in [2.24, 2.45) is 0 Å². The maximum Gasteiger partial charge on any atom is 0.278 e. The van der Waals surface area contributed by atoms with Crippen LogP contribution in [0.25, 0.3) is 0 Å². The summed E-state index contributed by atoms with van der Waals surface area (Å²) in [6, 6.07) is 4.94. The van der Waals surface area contributed by atoms with E-state index in [-0.39, 0.29) is 11.6 Å². The molecule has 5 nitrogen and oxygen atoms in total. The first-order valence-electron chi connectivity index (χ1n) is 4.09. The predicted molar refractivity (Wildman–Crippen MR) is 56.4 cm³/mol. The van der Waals surface area contributed by atoms with E-state index in [1.807, 2.05) is 0 Å². The van der Waals surface area contributed by atoms with Gasteiger partial charge in [0.1, 0.15) is 12.1 Å². The van der Waals surface area contributed by atoms with Crippen LogP contribution >= 0.6 is 15.9 Å². The van der Waals surface area contributed by atoms with E-state index in [4.69, 9.17) is 0 Å². The van der Waals surface area contributed by atoms with Crippen molar-refractivity contribution in [3.05, 3.63) is 40.8 Å². The Bertz CT molecular complexity index is 470. The Morgan fingerprint density at radius 1 is 1.47 bits per heavy atom. The van der Waals surface area contributed by atoms with Crippen LogP contribution in [0.5, 0.6) is 0 Å². The van der Waals surface area contributed by atoms with Gasteiger partial charge in [-0.2, -0.15) is 0 Å². The molecule has 0 aromatic carbocycles. The highest BCUT2D eigenvalue weighted by Crippen LogP contribution is 2.13. The van der Waals surface area contributed by atoms with Crippen molar-refractivity contribution < 1.29 is 9.32 Å². The van der Waals surface area contributed by atoms with Crippen LogP contribution in [0, 0.1) is 0 Å². The number of pyridine rings is 1. The molecule has 0 atom stereocenters. The zero-order valence-corrected chi connectivity index (χ0v) is 9.06. The van der Waals surface area contributed by atoms with Crippen LogP contribution in [-0.4, -0.2) is 16.0 Å². The molecule has 0 saturated heterocycles. The van der Waals surface area contributed by atoms with E-state index in [1.54, 1.807) is 18.3 Å². The molecule has 2 heterocycles. The smallest absolute Gasteiger partial charge is 0.278 e. The number of halogens is 1. The lowest BCUT2D eigenvalue weighted by Gasteiger charge is -2.01. The highest BCUT2D eigenvalue weighted by atomic mass is 79.9. The fourth-order valence-electron chi connectivity index (χ4n) is 0.983. The van der Waals surface area contributed by atoms with Gasteiger partial charge in [0.05, 0.1) is 0 Å². The molecule has 0 unspecified atom stereocenters. The second-order valence-electron chi connectivity index (χ2n) is 2.70. The Morgan fingerprint density at radius 3 is 3.00 bits per heavy atom. The highest BCUT2D eigenvalue weighted by molar-refractivity contribution is 9.10. The third-order valence-corrected chi connectivity index (χ3v) is 2.13. The first-order chi connectivity index (χ1) is 7.25. The summed E-state index contributed by atoms with van der Waals surface area (Å²) in [4.78, 5) is 15.5.